The minimum absolute atomic E-state index is 0.0935. The normalized spacial score (nSPS) is 21.9. The van der Waals surface area contributed by atoms with Crippen LogP contribution in [0.25, 0.3) is 0 Å². The van der Waals surface area contributed by atoms with Gasteiger partial charge >= 0.3 is 0 Å². The molecule has 2 saturated heterocycles. The molecule has 1 atom stereocenters. The Labute approximate surface area is 128 Å². The number of hydrogen-bond donors (Lipinski definition) is 0. The summed E-state index contributed by atoms with van der Waals surface area (Å²) in [4.78, 5) is 26.5. The standard InChI is InChI=1S/C15H19N3O4/c19-15(14-2-1-11-22-14)17-9-7-16(8-10-17)12-3-5-13(6-4-12)18(20)21/h3-6,14H,1-2,7-11H2/t14-/m1/s1. The molecule has 7 heteroatoms. The van der Waals surface area contributed by atoms with Crippen molar-refractivity contribution in [3.8, 4) is 0 Å². The van der Waals surface area contributed by atoms with E-state index in [1.54, 1.807) is 12.1 Å². The van der Waals surface area contributed by atoms with E-state index in [9.17, 15) is 14.9 Å². The Bertz CT molecular complexity index is 546. The van der Waals surface area contributed by atoms with Crippen LogP contribution in [0.15, 0.2) is 24.3 Å². The van der Waals surface area contributed by atoms with Crippen LogP contribution >= 0.6 is 0 Å². The molecule has 0 aromatic heterocycles. The largest absolute Gasteiger partial charge is 0.368 e. The van der Waals surface area contributed by atoms with E-state index in [1.165, 1.54) is 12.1 Å². The number of carbonyl (C=O) groups excluding carboxylic acids is 1. The quantitative estimate of drug-likeness (QED) is 0.623. The van der Waals surface area contributed by atoms with Gasteiger partial charge in [-0.15, -0.1) is 0 Å². The molecule has 0 unspecified atom stereocenters. The molecule has 2 fully saturated rings. The first-order valence-electron chi connectivity index (χ1n) is 7.55. The highest BCUT2D eigenvalue weighted by Crippen LogP contribution is 2.22. The first-order valence-corrected chi connectivity index (χ1v) is 7.55. The van der Waals surface area contributed by atoms with E-state index in [2.05, 4.69) is 4.90 Å². The Morgan fingerprint density at radius 1 is 1.18 bits per heavy atom. The second kappa shape index (κ2) is 6.31. The van der Waals surface area contributed by atoms with Gasteiger partial charge in [-0.3, -0.25) is 14.9 Å². The summed E-state index contributed by atoms with van der Waals surface area (Å²) in [6, 6.07) is 6.55. The molecule has 2 aliphatic heterocycles. The molecule has 1 aromatic rings. The summed E-state index contributed by atoms with van der Waals surface area (Å²) in [6.45, 7) is 3.47. The van der Waals surface area contributed by atoms with Crippen molar-refractivity contribution in [2.24, 2.45) is 0 Å². The number of nitro benzene ring substituents is 1. The zero-order valence-electron chi connectivity index (χ0n) is 12.3. The van der Waals surface area contributed by atoms with E-state index in [-0.39, 0.29) is 17.7 Å². The van der Waals surface area contributed by atoms with Crippen LogP contribution in [0.3, 0.4) is 0 Å². The molecular weight excluding hydrogens is 286 g/mol. The number of amides is 1. The number of ether oxygens (including phenoxy) is 1. The van der Waals surface area contributed by atoms with Gasteiger partial charge in [0.1, 0.15) is 6.10 Å². The average molecular weight is 305 g/mol. The predicted octanol–water partition coefficient (Wildman–Crippen LogP) is 1.42. The van der Waals surface area contributed by atoms with Crippen molar-refractivity contribution in [1.29, 1.82) is 0 Å². The Balaban J connectivity index is 1.57. The van der Waals surface area contributed by atoms with Crippen LogP contribution in [-0.4, -0.2) is 54.6 Å². The van der Waals surface area contributed by atoms with E-state index in [0.29, 0.717) is 19.7 Å². The summed E-state index contributed by atoms with van der Waals surface area (Å²) in [5, 5.41) is 10.7. The fourth-order valence-electron chi connectivity index (χ4n) is 2.95. The maximum atomic E-state index is 12.3. The average Bonchev–Trinajstić information content (AvgIpc) is 3.09. The van der Waals surface area contributed by atoms with Crippen LogP contribution in [-0.2, 0) is 9.53 Å². The summed E-state index contributed by atoms with van der Waals surface area (Å²) in [7, 11) is 0. The molecule has 2 aliphatic rings. The molecule has 3 rings (SSSR count). The lowest BCUT2D eigenvalue weighted by Crippen LogP contribution is -2.51. The van der Waals surface area contributed by atoms with Gasteiger partial charge in [0.2, 0.25) is 0 Å². The Hall–Kier alpha value is -2.15. The summed E-state index contributed by atoms with van der Waals surface area (Å²) < 4.78 is 5.45. The van der Waals surface area contributed by atoms with Gasteiger partial charge < -0.3 is 14.5 Å². The van der Waals surface area contributed by atoms with Gasteiger partial charge in [-0.1, -0.05) is 0 Å². The van der Waals surface area contributed by atoms with Crippen LogP contribution in [0.5, 0.6) is 0 Å². The maximum Gasteiger partial charge on any atom is 0.269 e. The number of piperazine rings is 1. The lowest BCUT2D eigenvalue weighted by atomic mass is 10.2. The first-order chi connectivity index (χ1) is 10.6. The number of rotatable bonds is 3. The highest BCUT2D eigenvalue weighted by molar-refractivity contribution is 5.81. The molecule has 1 amide bonds. The van der Waals surface area contributed by atoms with Gasteiger partial charge in [-0.25, -0.2) is 0 Å². The number of nitrogens with zero attached hydrogens (tertiary/aromatic N) is 3. The molecule has 0 spiro atoms. The van der Waals surface area contributed by atoms with Gasteiger partial charge in [0.15, 0.2) is 0 Å². The van der Waals surface area contributed by atoms with Crippen molar-refractivity contribution in [1.82, 2.24) is 4.90 Å². The zero-order valence-corrected chi connectivity index (χ0v) is 12.3. The van der Waals surface area contributed by atoms with Gasteiger partial charge in [0, 0.05) is 50.6 Å². The molecule has 0 radical (unpaired) electrons. The molecule has 1 aromatic carbocycles. The summed E-state index contributed by atoms with van der Waals surface area (Å²) in [5.41, 5.74) is 1.05. The number of hydrogen-bond acceptors (Lipinski definition) is 5. The van der Waals surface area contributed by atoms with Gasteiger partial charge in [-0.2, -0.15) is 0 Å². The number of anilines is 1. The molecule has 22 heavy (non-hydrogen) atoms. The van der Waals surface area contributed by atoms with Crippen LogP contribution < -0.4 is 4.90 Å². The Kier molecular flexibility index (Phi) is 4.24. The molecule has 0 bridgehead atoms. The molecule has 0 saturated carbocycles. The topological polar surface area (TPSA) is 75.9 Å². The lowest BCUT2D eigenvalue weighted by molar-refractivity contribution is -0.384. The number of non-ortho nitro benzene ring substituents is 1. The highest BCUT2D eigenvalue weighted by Gasteiger charge is 2.30. The molecule has 0 aliphatic carbocycles. The first kappa shape index (κ1) is 14.8. The van der Waals surface area contributed by atoms with Crippen molar-refractivity contribution in [2.75, 3.05) is 37.7 Å². The van der Waals surface area contributed by atoms with E-state index in [0.717, 1.165) is 31.6 Å². The maximum absolute atomic E-state index is 12.3. The van der Waals surface area contributed by atoms with Crippen molar-refractivity contribution < 1.29 is 14.5 Å². The number of nitro groups is 1. The van der Waals surface area contributed by atoms with E-state index < -0.39 is 4.92 Å². The van der Waals surface area contributed by atoms with Crippen molar-refractivity contribution in [3.05, 3.63) is 34.4 Å². The third-order valence-corrected chi connectivity index (χ3v) is 4.22. The smallest absolute Gasteiger partial charge is 0.269 e. The van der Waals surface area contributed by atoms with Crippen LogP contribution in [0.4, 0.5) is 11.4 Å². The molecule has 118 valence electrons. The summed E-state index contributed by atoms with van der Waals surface area (Å²) in [5.74, 6) is 0.0980. The van der Waals surface area contributed by atoms with Crippen LogP contribution in [0.2, 0.25) is 0 Å². The second-order valence-corrected chi connectivity index (χ2v) is 5.59. The number of carbonyl (C=O) groups is 1. The zero-order chi connectivity index (χ0) is 15.5. The molecular formula is C15H19N3O4. The van der Waals surface area contributed by atoms with Crippen LogP contribution in [0, 0.1) is 10.1 Å². The fourth-order valence-corrected chi connectivity index (χ4v) is 2.95. The van der Waals surface area contributed by atoms with E-state index in [1.807, 2.05) is 4.90 Å². The van der Waals surface area contributed by atoms with Crippen LogP contribution in [0.1, 0.15) is 12.8 Å². The van der Waals surface area contributed by atoms with Gasteiger partial charge in [0.05, 0.1) is 4.92 Å². The summed E-state index contributed by atoms with van der Waals surface area (Å²) in [6.07, 6.45) is 1.52. The Morgan fingerprint density at radius 2 is 1.86 bits per heavy atom. The van der Waals surface area contributed by atoms with Crippen molar-refractivity contribution in [2.45, 2.75) is 18.9 Å². The Morgan fingerprint density at radius 3 is 2.41 bits per heavy atom. The summed E-state index contributed by atoms with van der Waals surface area (Å²) >= 11 is 0. The lowest BCUT2D eigenvalue weighted by Gasteiger charge is -2.37. The fraction of sp³-hybridized carbons (Fsp3) is 0.533. The minimum Gasteiger partial charge on any atom is -0.368 e. The van der Waals surface area contributed by atoms with Crippen molar-refractivity contribution in [3.63, 3.8) is 0 Å². The molecule has 0 N–H and O–H groups in total. The molecule has 7 nitrogen and oxygen atoms in total. The second-order valence-electron chi connectivity index (χ2n) is 5.59. The van der Waals surface area contributed by atoms with Gasteiger partial charge in [0.25, 0.3) is 11.6 Å². The third kappa shape index (κ3) is 3.04. The predicted molar refractivity (Wildman–Crippen MR) is 80.9 cm³/mol. The third-order valence-electron chi connectivity index (χ3n) is 4.22. The monoisotopic (exact) mass is 305 g/mol. The van der Waals surface area contributed by atoms with E-state index >= 15 is 0 Å². The molecule has 2 heterocycles. The van der Waals surface area contributed by atoms with Crippen molar-refractivity contribution >= 4 is 17.3 Å². The number of benzene rings is 1. The minimum atomic E-state index is -0.401. The van der Waals surface area contributed by atoms with E-state index in [4.69, 9.17) is 4.74 Å². The SMILES string of the molecule is O=C([C@H]1CCCO1)N1CCN(c2ccc([N+](=O)[O-])cc2)CC1. The highest BCUT2D eigenvalue weighted by atomic mass is 16.6. The van der Waals surface area contributed by atoms with Gasteiger partial charge in [-0.05, 0) is 25.0 Å².